The normalized spacial score (nSPS) is 14.4. The van der Waals surface area contributed by atoms with Crippen LogP contribution in [0.1, 0.15) is 10.4 Å². The van der Waals surface area contributed by atoms with Gasteiger partial charge in [0.05, 0.1) is 17.9 Å². The molecule has 0 N–H and O–H groups in total. The summed E-state index contributed by atoms with van der Waals surface area (Å²) in [5, 5.41) is 0.363. The lowest BCUT2D eigenvalue weighted by Crippen LogP contribution is -2.43. The monoisotopic (exact) mass is 485 g/mol. The van der Waals surface area contributed by atoms with Crippen molar-refractivity contribution >= 4 is 56.8 Å². The van der Waals surface area contributed by atoms with Gasteiger partial charge in [0.1, 0.15) is 11.3 Å². The molecule has 0 bridgehead atoms. The zero-order valence-electron chi connectivity index (χ0n) is 16.8. The van der Waals surface area contributed by atoms with Crippen LogP contribution in [0.25, 0.3) is 10.2 Å². The largest absolute Gasteiger partial charge is 0.379 e. The first-order valence-corrected chi connectivity index (χ1v) is 11.6. The molecule has 1 aliphatic heterocycles. The highest BCUT2D eigenvalue weighted by atomic mass is 35.5. The van der Waals surface area contributed by atoms with E-state index >= 15 is 0 Å². The molecule has 10 heteroatoms. The molecule has 2 heterocycles. The van der Waals surface area contributed by atoms with E-state index in [1.807, 2.05) is 24.5 Å². The minimum atomic E-state index is -0.725. The van der Waals surface area contributed by atoms with Crippen LogP contribution in [0.4, 0.5) is 13.9 Å². The van der Waals surface area contributed by atoms with Crippen molar-refractivity contribution in [1.29, 1.82) is 0 Å². The van der Waals surface area contributed by atoms with Crippen LogP contribution in [0.15, 0.2) is 41.3 Å². The van der Waals surface area contributed by atoms with Crippen LogP contribution < -0.4 is 4.90 Å². The predicted octanol–water partition coefficient (Wildman–Crippen LogP) is 4.70. The first kappa shape index (κ1) is 23.9. The number of rotatable bonds is 6. The molecule has 0 unspecified atom stereocenters. The molecule has 1 aliphatic rings. The molecule has 1 amide bonds. The van der Waals surface area contributed by atoms with Crippen molar-refractivity contribution in [2.75, 3.05) is 50.5 Å². The van der Waals surface area contributed by atoms with Gasteiger partial charge in [-0.2, -0.15) is 0 Å². The second-order valence-electron chi connectivity index (χ2n) is 6.87. The average molecular weight is 486 g/mol. The number of carbonyl (C=O) groups is 1. The second-order valence-corrected chi connectivity index (χ2v) is 8.76. The average Bonchev–Trinajstić information content (AvgIpc) is 3.18. The molecule has 2 aromatic carbocycles. The highest BCUT2D eigenvalue weighted by molar-refractivity contribution is 7.98. The van der Waals surface area contributed by atoms with Crippen LogP contribution in [-0.4, -0.2) is 61.4 Å². The second kappa shape index (κ2) is 10.7. The zero-order chi connectivity index (χ0) is 21.1. The van der Waals surface area contributed by atoms with Gasteiger partial charge in [0, 0.05) is 42.7 Å². The third kappa shape index (κ3) is 5.53. The van der Waals surface area contributed by atoms with Gasteiger partial charge in [0.15, 0.2) is 10.9 Å². The molecule has 0 saturated carbocycles. The van der Waals surface area contributed by atoms with Crippen LogP contribution in [-0.2, 0) is 4.74 Å². The van der Waals surface area contributed by atoms with Gasteiger partial charge in [0.25, 0.3) is 5.91 Å². The van der Waals surface area contributed by atoms with Crippen molar-refractivity contribution in [2.24, 2.45) is 0 Å². The SMILES string of the molecule is CSc1cccc(C(=O)N(CCN2CCOCC2)c2nc3c(F)cc(F)cc3s2)c1.Cl. The molecule has 0 atom stereocenters. The number of aromatic nitrogens is 1. The van der Waals surface area contributed by atoms with Gasteiger partial charge >= 0.3 is 0 Å². The van der Waals surface area contributed by atoms with Crippen LogP contribution in [0.3, 0.4) is 0 Å². The van der Waals surface area contributed by atoms with Crippen molar-refractivity contribution < 1.29 is 18.3 Å². The van der Waals surface area contributed by atoms with Crippen LogP contribution >= 0.6 is 35.5 Å². The first-order valence-electron chi connectivity index (χ1n) is 9.57. The molecular weight excluding hydrogens is 464 g/mol. The third-order valence-electron chi connectivity index (χ3n) is 4.94. The number of anilines is 1. The summed E-state index contributed by atoms with van der Waals surface area (Å²) in [6.07, 6.45) is 1.95. The molecule has 1 saturated heterocycles. The maximum Gasteiger partial charge on any atom is 0.260 e. The van der Waals surface area contributed by atoms with E-state index in [1.54, 1.807) is 22.7 Å². The molecule has 0 aliphatic carbocycles. The maximum atomic E-state index is 14.2. The van der Waals surface area contributed by atoms with Gasteiger partial charge < -0.3 is 4.74 Å². The van der Waals surface area contributed by atoms with Crippen LogP contribution in [0.5, 0.6) is 0 Å². The number of amides is 1. The molecule has 1 aromatic heterocycles. The number of thioether (sulfide) groups is 1. The minimum absolute atomic E-state index is 0. The van der Waals surface area contributed by atoms with Crippen LogP contribution in [0, 0.1) is 11.6 Å². The first-order chi connectivity index (χ1) is 14.5. The van der Waals surface area contributed by atoms with E-state index in [0.717, 1.165) is 35.4 Å². The predicted molar refractivity (Wildman–Crippen MR) is 124 cm³/mol. The summed E-state index contributed by atoms with van der Waals surface area (Å²) in [4.78, 5) is 22.5. The number of nitrogens with zero attached hydrogens (tertiary/aromatic N) is 3. The fraction of sp³-hybridized carbons (Fsp3) is 0.333. The van der Waals surface area contributed by atoms with E-state index in [-0.39, 0.29) is 23.8 Å². The number of carbonyl (C=O) groups excluding carboxylic acids is 1. The number of morpholine rings is 1. The van der Waals surface area contributed by atoms with Crippen LogP contribution in [0.2, 0.25) is 0 Å². The summed E-state index contributed by atoms with van der Waals surface area (Å²) in [6.45, 7) is 3.95. The van der Waals surface area contributed by atoms with E-state index in [1.165, 1.54) is 6.07 Å². The van der Waals surface area contributed by atoms with Gasteiger partial charge in [-0.3, -0.25) is 14.6 Å². The topological polar surface area (TPSA) is 45.7 Å². The maximum absolute atomic E-state index is 14.2. The van der Waals surface area contributed by atoms with Crippen molar-refractivity contribution in [2.45, 2.75) is 4.90 Å². The van der Waals surface area contributed by atoms with E-state index in [2.05, 4.69) is 9.88 Å². The van der Waals surface area contributed by atoms with E-state index < -0.39 is 11.6 Å². The Balaban J connectivity index is 0.00000272. The Morgan fingerprint density at radius 2 is 2.03 bits per heavy atom. The van der Waals surface area contributed by atoms with Gasteiger partial charge in [0.2, 0.25) is 0 Å². The highest BCUT2D eigenvalue weighted by Gasteiger charge is 2.24. The Hall–Kier alpha value is -1.78. The minimum Gasteiger partial charge on any atom is -0.379 e. The number of benzene rings is 2. The Bertz CT molecular complexity index is 1060. The number of ether oxygens (including phenoxy) is 1. The standard InChI is InChI=1S/C21H21F2N3O2S2.ClH/c1-29-16-4-2-3-14(11-16)20(27)26(6-5-25-7-9-28-10-8-25)21-24-19-17(23)12-15(22)13-18(19)30-21;/h2-4,11-13H,5-10H2,1H3;1H. The molecule has 1 fully saturated rings. The molecule has 0 spiro atoms. The molecule has 4 rings (SSSR count). The number of hydrogen-bond donors (Lipinski definition) is 0. The third-order valence-corrected chi connectivity index (χ3v) is 6.69. The van der Waals surface area contributed by atoms with Crippen molar-refractivity contribution in [1.82, 2.24) is 9.88 Å². The molecule has 31 heavy (non-hydrogen) atoms. The van der Waals surface area contributed by atoms with E-state index in [9.17, 15) is 13.6 Å². The van der Waals surface area contributed by atoms with Gasteiger partial charge in [-0.25, -0.2) is 13.8 Å². The Kier molecular flexibility index (Phi) is 8.23. The highest BCUT2D eigenvalue weighted by Crippen LogP contribution is 2.32. The number of fused-ring (bicyclic) bond motifs is 1. The van der Waals surface area contributed by atoms with E-state index in [0.29, 0.717) is 41.7 Å². The Morgan fingerprint density at radius 3 is 2.77 bits per heavy atom. The molecule has 3 aromatic rings. The summed E-state index contributed by atoms with van der Waals surface area (Å²) in [5.41, 5.74) is 0.619. The van der Waals surface area contributed by atoms with Crippen molar-refractivity contribution in [3.8, 4) is 0 Å². The number of thiazole rings is 1. The quantitative estimate of drug-likeness (QED) is 0.474. The number of hydrogen-bond acceptors (Lipinski definition) is 6. The summed E-state index contributed by atoms with van der Waals surface area (Å²) in [7, 11) is 0. The lowest BCUT2D eigenvalue weighted by atomic mass is 10.2. The summed E-state index contributed by atoms with van der Waals surface area (Å²) in [5.74, 6) is -1.59. The molecule has 5 nitrogen and oxygen atoms in total. The van der Waals surface area contributed by atoms with Gasteiger partial charge in [-0.15, -0.1) is 24.2 Å². The lowest BCUT2D eigenvalue weighted by molar-refractivity contribution is 0.0391. The van der Waals surface area contributed by atoms with Crippen molar-refractivity contribution in [3.63, 3.8) is 0 Å². The Labute approximate surface area is 193 Å². The zero-order valence-corrected chi connectivity index (χ0v) is 19.3. The van der Waals surface area contributed by atoms with Gasteiger partial charge in [-0.05, 0) is 30.5 Å². The lowest BCUT2D eigenvalue weighted by Gasteiger charge is -2.29. The smallest absolute Gasteiger partial charge is 0.260 e. The van der Waals surface area contributed by atoms with Crippen molar-refractivity contribution in [3.05, 3.63) is 53.6 Å². The van der Waals surface area contributed by atoms with Gasteiger partial charge in [-0.1, -0.05) is 17.4 Å². The summed E-state index contributed by atoms with van der Waals surface area (Å²) < 4.78 is 33.6. The molecule has 166 valence electrons. The number of halogens is 3. The Morgan fingerprint density at radius 1 is 1.26 bits per heavy atom. The summed E-state index contributed by atoms with van der Waals surface area (Å²) in [6, 6.07) is 9.44. The fourth-order valence-corrected chi connectivity index (χ4v) is 4.81. The molecule has 0 radical (unpaired) electrons. The fourth-order valence-electron chi connectivity index (χ4n) is 3.32. The molecular formula is C21H22ClF2N3O2S2. The van der Waals surface area contributed by atoms with E-state index in [4.69, 9.17) is 4.74 Å². The summed E-state index contributed by atoms with van der Waals surface area (Å²) >= 11 is 2.67.